The Morgan fingerprint density at radius 1 is 1.35 bits per heavy atom. The van der Waals surface area contributed by atoms with Gasteiger partial charge < -0.3 is 5.32 Å². The second-order valence-electron chi connectivity index (χ2n) is 5.45. The molecule has 0 bridgehead atoms. The Morgan fingerprint density at radius 2 is 2.24 bits per heavy atom. The van der Waals surface area contributed by atoms with Gasteiger partial charge in [-0.15, -0.1) is 11.3 Å². The van der Waals surface area contributed by atoms with Crippen molar-refractivity contribution in [1.82, 2.24) is 5.32 Å². The number of hydrogen-bond acceptors (Lipinski definition) is 2. The fourth-order valence-electron chi connectivity index (χ4n) is 3.26. The van der Waals surface area contributed by atoms with Crippen LogP contribution >= 0.6 is 11.3 Å². The molecule has 0 aliphatic heterocycles. The summed E-state index contributed by atoms with van der Waals surface area (Å²) in [5.74, 6) is 2.78. The van der Waals surface area contributed by atoms with Gasteiger partial charge in [-0.25, -0.2) is 0 Å². The Labute approximate surface area is 110 Å². The normalized spacial score (nSPS) is 29.4. The number of rotatable bonds is 5. The third-order valence-corrected chi connectivity index (χ3v) is 5.23. The van der Waals surface area contributed by atoms with Crippen molar-refractivity contribution in [2.24, 2.45) is 17.8 Å². The average Bonchev–Trinajstić information content (AvgIpc) is 2.84. The second kappa shape index (κ2) is 6.55. The maximum absolute atomic E-state index is 3.38. The lowest BCUT2D eigenvalue weighted by Crippen LogP contribution is -2.32. The van der Waals surface area contributed by atoms with E-state index in [1.807, 2.05) is 11.3 Å². The maximum Gasteiger partial charge on any atom is 0.00480 e. The van der Waals surface area contributed by atoms with Crippen LogP contribution in [0.4, 0.5) is 0 Å². The van der Waals surface area contributed by atoms with Crippen LogP contribution in [-0.4, -0.2) is 13.6 Å². The van der Waals surface area contributed by atoms with Gasteiger partial charge in [-0.2, -0.15) is 0 Å². The summed E-state index contributed by atoms with van der Waals surface area (Å²) >= 11 is 1.93. The highest BCUT2D eigenvalue weighted by atomic mass is 32.1. The van der Waals surface area contributed by atoms with Crippen molar-refractivity contribution >= 4 is 11.3 Å². The Morgan fingerprint density at radius 3 is 2.88 bits per heavy atom. The van der Waals surface area contributed by atoms with Crippen LogP contribution in [0.25, 0.3) is 0 Å². The van der Waals surface area contributed by atoms with E-state index >= 15 is 0 Å². The smallest absolute Gasteiger partial charge is 0.00480 e. The van der Waals surface area contributed by atoms with Gasteiger partial charge in [0.05, 0.1) is 0 Å². The SMILES string of the molecule is CCC1CCC(CNC)C(Cc2cccs2)C1. The molecular weight excluding hydrogens is 226 g/mol. The molecule has 1 aromatic rings. The topological polar surface area (TPSA) is 12.0 Å². The summed E-state index contributed by atoms with van der Waals surface area (Å²) in [5, 5.41) is 5.59. The van der Waals surface area contributed by atoms with Crippen LogP contribution in [-0.2, 0) is 6.42 Å². The van der Waals surface area contributed by atoms with Crippen molar-refractivity contribution in [1.29, 1.82) is 0 Å². The zero-order chi connectivity index (χ0) is 12.1. The first kappa shape index (κ1) is 13.1. The van der Waals surface area contributed by atoms with E-state index in [4.69, 9.17) is 0 Å². The van der Waals surface area contributed by atoms with E-state index in [9.17, 15) is 0 Å². The average molecular weight is 251 g/mol. The Hall–Kier alpha value is -0.340. The molecule has 0 aromatic carbocycles. The lowest BCUT2D eigenvalue weighted by atomic mass is 9.71. The van der Waals surface area contributed by atoms with Gasteiger partial charge in [0.2, 0.25) is 0 Å². The van der Waals surface area contributed by atoms with Gasteiger partial charge in [-0.1, -0.05) is 25.8 Å². The van der Waals surface area contributed by atoms with Crippen molar-refractivity contribution in [3.8, 4) is 0 Å². The fourth-order valence-corrected chi connectivity index (χ4v) is 4.06. The van der Waals surface area contributed by atoms with Crippen molar-refractivity contribution in [3.63, 3.8) is 0 Å². The molecule has 2 heteroatoms. The van der Waals surface area contributed by atoms with Crippen molar-refractivity contribution in [3.05, 3.63) is 22.4 Å². The summed E-state index contributed by atoms with van der Waals surface area (Å²) in [5.41, 5.74) is 0. The first-order chi connectivity index (χ1) is 8.33. The molecule has 0 spiro atoms. The van der Waals surface area contributed by atoms with Crippen LogP contribution < -0.4 is 5.32 Å². The van der Waals surface area contributed by atoms with Crippen molar-refractivity contribution in [2.45, 2.75) is 39.0 Å². The Kier molecular flexibility index (Phi) is 5.05. The van der Waals surface area contributed by atoms with Gasteiger partial charge in [0, 0.05) is 4.88 Å². The highest BCUT2D eigenvalue weighted by Crippen LogP contribution is 2.37. The van der Waals surface area contributed by atoms with E-state index < -0.39 is 0 Å². The molecular formula is C15H25NS. The summed E-state index contributed by atoms with van der Waals surface area (Å²) in [6.07, 6.45) is 6.99. The summed E-state index contributed by atoms with van der Waals surface area (Å²) in [6.45, 7) is 3.55. The first-order valence-electron chi connectivity index (χ1n) is 7.00. The van der Waals surface area contributed by atoms with Gasteiger partial charge in [0.25, 0.3) is 0 Å². The fraction of sp³-hybridized carbons (Fsp3) is 0.733. The predicted molar refractivity (Wildman–Crippen MR) is 76.6 cm³/mol. The zero-order valence-electron chi connectivity index (χ0n) is 11.1. The molecule has 1 fully saturated rings. The predicted octanol–water partition coefficient (Wildman–Crippen LogP) is 3.95. The molecule has 3 unspecified atom stereocenters. The van der Waals surface area contributed by atoms with Crippen LogP contribution in [0.5, 0.6) is 0 Å². The van der Waals surface area contributed by atoms with E-state index in [0.29, 0.717) is 0 Å². The highest BCUT2D eigenvalue weighted by Gasteiger charge is 2.29. The summed E-state index contributed by atoms with van der Waals surface area (Å²) < 4.78 is 0. The lowest BCUT2D eigenvalue weighted by Gasteiger charge is -2.36. The monoisotopic (exact) mass is 251 g/mol. The van der Waals surface area contributed by atoms with E-state index in [1.165, 1.54) is 38.6 Å². The third-order valence-electron chi connectivity index (χ3n) is 4.34. The Balaban J connectivity index is 1.97. The van der Waals surface area contributed by atoms with Gasteiger partial charge in [-0.05, 0) is 62.1 Å². The standard InChI is InChI=1S/C15H25NS/c1-3-12-6-7-13(11-16-2)14(9-12)10-15-5-4-8-17-15/h4-5,8,12-14,16H,3,6-7,9-11H2,1-2H3. The molecule has 0 radical (unpaired) electrons. The second-order valence-corrected chi connectivity index (χ2v) is 6.48. The van der Waals surface area contributed by atoms with Crippen LogP contribution in [0, 0.1) is 17.8 Å². The molecule has 1 aliphatic rings. The van der Waals surface area contributed by atoms with Gasteiger partial charge in [0.15, 0.2) is 0 Å². The van der Waals surface area contributed by atoms with E-state index in [-0.39, 0.29) is 0 Å². The molecule has 1 aromatic heterocycles. The van der Waals surface area contributed by atoms with Crippen molar-refractivity contribution in [2.75, 3.05) is 13.6 Å². The molecule has 2 rings (SSSR count). The molecule has 0 amide bonds. The quantitative estimate of drug-likeness (QED) is 0.835. The van der Waals surface area contributed by atoms with Crippen LogP contribution in [0.2, 0.25) is 0 Å². The summed E-state index contributed by atoms with van der Waals surface area (Å²) in [7, 11) is 2.09. The number of nitrogens with one attached hydrogen (secondary N) is 1. The minimum Gasteiger partial charge on any atom is -0.319 e. The summed E-state index contributed by atoms with van der Waals surface area (Å²) in [4.78, 5) is 1.58. The minimum absolute atomic E-state index is 0.893. The molecule has 0 saturated heterocycles. The molecule has 1 heterocycles. The molecule has 1 saturated carbocycles. The first-order valence-corrected chi connectivity index (χ1v) is 7.88. The Bertz CT molecular complexity index is 307. The van der Waals surface area contributed by atoms with Crippen LogP contribution in [0.15, 0.2) is 17.5 Å². The highest BCUT2D eigenvalue weighted by molar-refractivity contribution is 7.09. The van der Waals surface area contributed by atoms with Gasteiger partial charge in [-0.3, -0.25) is 0 Å². The van der Waals surface area contributed by atoms with E-state index in [2.05, 4.69) is 36.8 Å². The van der Waals surface area contributed by atoms with E-state index in [0.717, 1.165) is 17.8 Å². The summed E-state index contributed by atoms with van der Waals surface area (Å²) in [6, 6.07) is 4.49. The van der Waals surface area contributed by atoms with Crippen molar-refractivity contribution < 1.29 is 0 Å². The number of hydrogen-bond donors (Lipinski definition) is 1. The molecule has 17 heavy (non-hydrogen) atoms. The van der Waals surface area contributed by atoms with Gasteiger partial charge >= 0.3 is 0 Å². The van der Waals surface area contributed by atoms with E-state index in [1.54, 1.807) is 4.88 Å². The van der Waals surface area contributed by atoms with Gasteiger partial charge in [0.1, 0.15) is 0 Å². The molecule has 1 aliphatic carbocycles. The largest absolute Gasteiger partial charge is 0.319 e. The molecule has 3 atom stereocenters. The number of thiophene rings is 1. The van der Waals surface area contributed by atoms with Crippen LogP contribution in [0.3, 0.4) is 0 Å². The molecule has 96 valence electrons. The maximum atomic E-state index is 3.38. The third kappa shape index (κ3) is 3.56. The molecule has 1 nitrogen and oxygen atoms in total. The lowest BCUT2D eigenvalue weighted by molar-refractivity contribution is 0.174. The molecule has 1 N–H and O–H groups in total. The van der Waals surface area contributed by atoms with Crippen LogP contribution in [0.1, 0.15) is 37.5 Å². The zero-order valence-corrected chi connectivity index (χ0v) is 11.9. The minimum atomic E-state index is 0.893.